The molecule has 1 fully saturated rings. The van der Waals surface area contributed by atoms with Gasteiger partial charge < -0.3 is 15.0 Å². The maximum Gasteiger partial charge on any atom is 0.254 e. The predicted molar refractivity (Wildman–Crippen MR) is 123 cm³/mol. The number of hydrogen-bond acceptors (Lipinski definition) is 3. The molecule has 1 amide bonds. The first-order valence-electron chi connectivity index (χ1n) is 10.4. The summed E-state index contributed by atoms with van der Waals surface area (Å²) in [6.45, 7) is 4.89. The molecule has 1 saturated heterocycles. The number of benzene rings is 2. The Morgan fingerprint density at radius 2 is 1.94 bits per heavy atom. The SMILES string of the molecule is O=C(NCCCN1CCOCC1)c1c(/C=C/c2ccc(Cl)cc2)[nH]c2cc(F)ccc12. The molecule has 0 unspecified atom stereocenters. The standard InChI is InChI=1S/C24H25ClFN3O2/c25-18-5-2-17(3-6-18)4-9-21-23(20-8-7-19(26)16-22(20)28-21)24(30)27-10-1-11-29-12-14-31-15-13-29/h2-9,16,28H,1,10-15H2,(H,27,30)/b9-4+. The maximum absolute atomic E-state index is 13.7. The van der Waals surface area contributed by atoms with E-state index in [2.05, 4.69) is 15.2 Å². The van der Waals surface area contributed by atoms with Gasteiger partial charge in [0.1, 0.15) is 5.82 Å². The lowest BCUT2D eigenvalue weighted by molar-refractivity contribution is 0.0374. The number of nitrogens with zero attached hydrogens (tertiary/aromatic N) is 1. The summed E-state index contributed by atoms with van der Waals surface area (Å²) in [5.74, 6) is -0.518. The van der Waals surface area contributed by atoms with Crippen LogP contribution in [0.1, 0.15) is 28.0 Å². The number of carbonyl (C=O) groups excluding carboxylic acids is 1. The van der Waals surface area contributed by atoms with E-state index >= 15 is 0 Å². The lowest BCUT2D eigenvalue weighted by Gasteiger charge is -2.26. The molecule has 0 radical (unpaired) electrons. The van der Waals surface area contributed by atoms with Crippen LogP contribution in [0.25, 0.3) is 23.1 Å². The van der Waals surface area contributed by atoms with E-state index in [4.69, 9.17) is 16.3 Å². The van der Waals surface area contributed by atoms with Crippen LogP contribution in [0.15, 0.2) is 42.5 Å². The van der Waals surface area contributed by atoms with Gasteiger partial charge in [0, 0.05) is 35.6 Å². The number of hydrogen-bond donors (Lipinski definition) is 2. The summed E-state index contributed by atoms with van der Waals surface area (Å²) in [5, 5.41) is 4.37. The fraction of sp³-hybridized carbons (Fsp3) is 0.292. The molecular weight excluding hydrogens is 417 g/mol. The van der Waals surface area contributed by atoms with Crippen LogP contribution in [-0.4, -0.2) is 55.2 Å². The fourth-order valence-corrected chi connectivity index (χ4v) is 3.86. The molecule has 7 heteroatoms. The summed E-state index contributed by atoms with van der Waals surface area (Å²) in [6.07, 6.45) is 4.59. The van der Waals surface area contributed by atoms with Crippen molar-refractivity contribution in [1.29, 1.82) is 0 Å². The lowest BCUT2D eigenvalue weighted by atomic mass is 10.1. The Bertz CT molecular complexity index is 1070. The van der Waals surface area contributed by atoms with Crippen molar-refractivity contribution in [2.75, 3.05) is 39.4 Å². The van der Waals surface area contributed by atoms with Crippen LogP contribution in [0, 0.1) is 5.82 Å². The molecular formula is C24H25ClFN3O2. The van der Waals surface area contributed by atoms with Gasteiger partial charge in [-0.15, -0.1) is 0 Å². The molecule has 0 spiro atoms. The number of rotatable bonds is 7. The molecule has 4 rings (SSSR count). The molecule has 0 saturated carbocycles. The summed E-state index contributed by atoms with van der Waals surface area (Å²) < 4.78 is 19.1. The molecule has 2 heterocycles. The average Bonchev–Trinajstić information content (AvgIpc) is 3.14. The van der Waals surface area contributed by atoms with Crippen molar-refractivity contribution in [1.82, 2.24) is 15.2 Å². The molecule has 0 bridgehead atoms. The summed E-state index contributed by atoms with van der Waals surface area (Å²) in [5.41, 5.74) is 2.70. The second kappa shape index (κ2) is 10.1. The Kier molecular flexibility index (Phi) is 7.02. The third-order valence-corrected chi connectivity index (χ3v) is 5.62. The van der Waals surface area contributed by atoms with Gasteiger partial charge in [-0.3, -0.25) is 9.69 Å². The van der Waals surface area contributed by atoms with E-state index in [0.717, 1.165) is 44.8 Å². The van der Waals surface area contributed by atoms with Crippen LogP contribution in [-0.2, 0) is 4.74 Å². The van der Waals surface area contributed by atoms with Crippen molar-refractivity contribution in [3.8, 4) is 0 Å². The Morgan fingerprint density at radius 3 is 2.71 bits per heavy atom. The number of fused-ring (bicyclic) bond motifs is 1. The summed E-state index contributed by atoms with van der Waals surface area (Å²) in [7, 11) is 0. The number of morpholine rings is 1. The minimum Gasteiger partial charge on any atom is -0.379 e. The van der Waals surface area contributed by atoms with Gasteiger partial charge in [0.25, 0.3) is 5.91 Å². The van der Waals surface area contributed by atoms with E-state index in [-0.39, 0.29) is 11.7 Å². The van der Waals surface area contributed by atoms with Crippen molar-refractivity contribution in [2.24, 2.45) is 0 Å². The third kappa shape index (κ3) is 5.53. The topological polar surface area (TPSA) is 57.4 Å². The first-order valence-corrected chi connectivity index (χ1v) is 10.8. The highest BCUT2D eigenvalue weighted by atomic mass is 35.5. The first-order chi connectivity index (χ1) is 15.1. The van der Waals surface area contributed by atoms with Crippen molar-refractivity contribution >= 4 is 40.6 Å². The zero-order valence-electron chi connectivity index (χ0n) is 17.2. The lowest BCUT2D eigenvalue weighted by Crippen LogP contribution is -2.38. The van der Waals surface area contributed by atoms with Crippen molar-refractivity contribution in [3.05, 3.63) is 70.1 Å². The number of carbonyl (C=O) groups is 1. The highest BCUT2D eigenvalue weighted by Crippen LogP contribution is 2.25. The van der Waals surface area contributed by atoms with Gasteiger partial charge in [-0.25, -0.2) is 4.39 Å². The zero-order valence-corrected chi connectivity index (χ0v) is 17.9. The van der Waals surface area contributed by atoms with Crippen molar-refractivity contribution < 1.29 is 13.9 Å². The van der Waals surface area contributed by atoms with Crippen LogP contribution < -0.4 is 5.32 Å². The molecule has 162 valence electrons. The molecule has 1 aliphatic rings. The number of halogens is 2. The molecule has 2 aromatic carbocycles. The largest absolute Gasteiger partial charge is 0.379 e. The van der Waals surface area contributed by atoms with E-state index in [1.807, 2.05) is 36.4 Å². The van der Waals surface area contributed by atoms with E-state index in [1.54, 1.807) is 6.07 Å². The van der Waals surface area contributed by atoms with Gasteiger partial charge in [0.2, 0.25) is 0 Å². The van der Waals surface area contributed by atoms with Crippen LogP contribution in [0.5, 0.6) is 0 Å². The maximum atomic E-state index is 13.7. The third-order valence-electron chi connectivity index (χ3n) is 5.37. The molecule has 1 aliphatic heterocycles. The number of amides is 1. The minimum atomic E-state index is -0.348. The zero-order chi connectivity index (χ0) is 21.6. The molecule has 3 aromatic rings. The van der Waals surface area contributed by atoms with Gasteiger partial charge in [0.05, 0.1) is 24.5 Å². The van der Waals surface area contributed by atoms with Crippen molar-refractivity contribution in [2.45, 2.75) is 6.42 Å². The van der Waals surface area contributed by atoms with E-state index in [9.17, 15) is 9.18 Å². The van der Waals surface area contributed by atoms with Crippen LogP contribution in [0.4, 0.5) is 4.39 Å². The Labute approximate surface area is 185 Å². The molecule has 31 heavy (non-hydrogen) atoms. The minimum absolute atomic E-state index is 0.171. The number of H-pyrrole nitrogens is 1. The normalized spacial score (nSPS) is 15.0. The summed E-state index contributed by atoms with van der Waals surface area (Å²) in [4.78, 5) is 18.5. The second-order valence-corrected chi connectivity index (χ2v) is 7.99. The van der Waals surface area contributed by atoms with E-state index in [1.165, 1.54) is 12.1 Å². The number of ether oxygens (including phenoxy) is 1. The smallest absolute Gasteiger partial charge is 0.254 e. The van der Waals surface area contributed by atoms with Gasteiger partial charge in [-0.1, -0.05) is 29.8 Å². The molecule has 0 atom stereocenters. The van der Waals surface area contributed by atoms with Gasteiger partial charge in [0.15, 0.2) is 0 Å². The second-order valence-electron chi connectivity index (χ2n) is 7.55. The van der Waals surface area contributed by atoms with E-state index < -0.39 is 0 Å². The van der Waals surface area contributed by atoms with Gasteiger partial charge in [-0.05, 0) is 54.9 Å². The Hall–Kier alpha value is -2.67. The molecule has 5 nitrogen and oxygen atoms in total. The fourth-order valence-electron chi connectivity index (χ4n) is 3.73. The molecule has 0 aliphatic carbocycles. The number of aromatic nitrogens is 1. The van der Waals surface area contributed by atoms with Gasteiger partial charge in [-0.2, -0.15) is 0 Å². The van der Waals surface area contributed by atoms with Crippen LogP contribution in [0.2, 0.25) is 5.02 Å². The number of aromatic amines is 1. The number of nitrogens with one attached hydrogen (secondary N) is 2. The van der Waals surface area contributed by atoms with Gasteiger partial charge >= 0.3 is 0 Å². The summed E-state index contributed by atoms with van der Waals surface area (Å²) in [6, 6.07) is 11.8. The van der Waals surface area contributed by atoms with Crippen LogP contribution in [0.3, 0.4) is 0 Å². The molecule has 2 N–H and O–H groups in total. The quantitative estimate of drug-likeness (QED) is 0.527. The van der Waals surface area contributed by atoms with Crippen LogP contribution >= 0.6 is 11.6 Å². The average molecular weight is 442 g/mol. The highest BCUT2D eigenvalue weighted by Gasteiger charge is 2.17. The molecule has 1 aromatic heterocycles. The van der Waals surface area contributed by atoms with E-state index in [0.29, 0.717) is 33.7 Å². The van der Waals surface area contributed by atoms with Crippen molar-refractivity contribution in [3.63, 3.8) is 0 Å². The first kappa shape index (κ1) is 21.6. The highest BCUT2D eigenvalue weighted by molar-refractivity contribution is 6.30. The summed E-state index contributed by atoms with van der Waals surface area (Å²) >= 11 is 5.95. The monoisotopic (exact) mass is 441 g/mol. The Morgan fingerprint density at radius 1 is 1.16 bits per heavy atom. The Balaban J connectivity index is 1.49. The predicted octanol–water partition coefficient (Wildman–Crippen LogP) is 4.58.